The van der Waals surface area contributed by atoms with Crippen LogP contribution in [0.5, 0.6) is 0 Å². The molecule has 0 unspecified atom stereocenters. The summed E-state index contributed by atoms with van der Waals surface area (Å²) in [6.45, 7) is 1.92. The average molecular weight is 452 g/mol. The van der Waals surface area contributed by atoms with Gasteiger partial charge in [-0.3, -0.25) is 4.79 Å². The molecule has 0 spiro atoms. The Kier molecular flexibility index (Phi) is 6.15. The molecule has 0 saturated heterocycles. The normalized spacial score (nSPS) is 12.4. The molecule has 9 nitrogen and oxygen atoms in total. The van der Waals surface area contributed by atoms with Gasteiger partial charge in [0.25, 0.3) is 5.91 Å². The summed E-state index contributed by atoms with van der Waals surface area (Å²) in [5, 5.41) is 7.00. The molecule has 2 aromatic heterocycles. The van der Waals surface area contributed by atoms with Gasteiger partial charge in [-0.25, -0.2) is 22.8 Å². The lowest BCUT2D eigenvalue weighted by molar-refractivity contribution is 0.0940. The minimum atomic E-state index is -3.72. The maximum absolute atomic E-state index is 12.6. The number of rotatable bonds is 8. The van der Waals surface area contributed by atoms with Gasteiger partial charge in [0, 0.05) is 5.56 Å². The number of carbonyl (C=O) groups is 1. The molecular weight excluding hydrogens is 430 g/mol. The second-order valence-corrected chi connectivity index (χ2v) is 8.82. The molecule has 2 aromatic carbocycles. The fraction of sp³-hybridized carbons (Fsp3) is 0.136. The van der Waals surface area contributed by atoms with Crippen molar-refractivity contribution in [3.63, 3.8) is 0 Å². The van der Waals surface area contributed by atoms with Crippen LogP contribution in [0.3, 0.4) is 0 Å². The zero-order valence-electron chi connectivity index (χ0n) is 17.2. The molecule has 0 bridgehead atoms. The van der Waals surface area contributed by atoms with E-state index in [0.717, 1.165) is 11.3 Å². The molecule has 0 saturated carbocycles. The van der Waals surface area contributed by atoms with E-state index in [0.29, 0.717) is 11.3 Å². The molecule has 4 rings (SSSR count). The summed E-state index contributed by atoms with van der Waals surface area (Å²) >= 11 is 0. The van der Waals surface area contributed by atoms with Crippen molar-refractivity contribution in [2.45, 2.75) is 24.4 Å². The van der Waals surface area contributed by atoms with Gasteiger partial charge < -0.3 is 9.73 Å². The van der Waals surface area contributed by atoms with Crippen molar-refractivity contribution in [1.82, 2.24) is 24.8 Å². The first kappa shape index (κ1) is 21.5. The van der Waals surface area contributed by atoms with Crippen molar-refractivity contribution in [2.24, 2.45) is 0 Å². The lowest BCUT2D eigenvalue weighted by Crippen LogP contribution is -2.27. The predicted octanol–water partition coefficient (Wildman–Crippen LogP) is 2.83. The molecule has 0 aliphatic rings. The van der Waals surface area contributed by atoms with E-state index in [1.54, 1.807) is 23.1 Å². The monoisotopic (exact) mass is 451 g/mol. The maximum atomic E-state index is 12.6. The third kappa shape index (κ3) is 4.93. The molecule has 32 heavy (non-hydrogen) atoms. The summed E-state index contributed by atoms with van der Waals surface area (Å²) in [6.07, 6.45) is 4.54. The van der Waals surface area contributed by atoms with E-state index in [-0.39, 0.29) is 23.4 Å². The second kappa shape index (κ2) is 9.16. The first-order valence-electron chi connectivity index (χ1n) is 9.80. The largest absolute Gasteiger partial charge is 0.468 e. The SMILES string of the molecule is C[C@H](NC(=O)c1ccc(S(=O)(=O)NCc2ccco2)cc1)c1ccc(-n2cncn2)cc1. The van der Waals surface area contributed by atoms with E-state index in [4.69, 9.17) is 4.42 Å². The minimum absolute atomic E-state index is 0.0464. The number of aromatic nitrogens is 3. The fourth-order valence-electron chi connectivity index (χ4n) is 3.07. The Labute approximate surface area is 185 Å². The van der Waals surface area contributed by atoms with Gasteiger partial charge >= 0.3 is 0 Å². The predicted molar refractivity (Wildman–Crippen MR) is 116 cm³/mol. The number of nitrogens with zero attached hydrogens (tertiary/aromatic N) is 3. The van der Waals surface area contributed by atoms with Crippen LogP contribution in [0.25, 0.3) is 5.69 Å². The topological polar surface area (TPSA) is 119 Å². The van der Waals surface area contributed by atoms with Gasteiger partial charge in [0.1, 0.15) is 18.4 Å². The third-order valence-electron chi connectivity index (χ3n) is 4.87. The van der Waals surface area contributed by atoms with Crippen LogP contribution < -0.4 is 10.0 Å². The smallest absolute Gasteiger partial charge is 0.251 e. The lowest BCUT2D eigenvalue weighted by atomic mass is 10.1. The van der Waals surface area contributed by atoms with Gasteiger partial charge in [0.15, 0.2) is 0 Å². The van der Waals surface area contributed by atoms with E-state index < -0.39 is 10.0 Å². The van der Waals surface area contributed by atoms with Gasteiger partial charge in [-0.1, -0.05) is 12.1 Å². The Morgan fingerprint density at radius 1 is 1.09 bits per heavy atom. The maximum Gasteiger partial charge on any atom is 0.251 e. The van der Waals surface area contributed by atoms with E-state index in [1.807, 2.05) is 31.2 Å². The highest BCUT2D eigenvalue weighted by molar-refractivity contribution is 7.89. The van der Waals surface area contributed by atoms with E-state index in [2.05, 4.69) is 20.1 Å². The zero-order chi connectivity index (χ0) is 22.6. The Bertz CT molecular complexity index is 1270. The summed E-state index contributed by atoms with van der Waals surface area (Å²) in [7, 11) is -3.72. The quantitative estimate of drug-likeness (QED) is 0.425. The van der Waals surface area contributed by atoms with Crippen LogP contribution in [0.15, 0.2) is 88.9 Å². The number of furan rings is 1. The lowest BCUT2D eigenvalue weighted by Gasteiger charge is -2.15. The summed E-state index contributed by atoms with van der Waals surface area (Å²) in [6, 6.07) is 16.5. The Morgan fingerprint density at radius 2 is 1.84 bits per heavy atom. The van der Waals surface area contributed by atoms with Crippen molar-refractivity contribution >= 4 is 15.9 Å². The number of benzene rings is 2. The molecule has 2 N–H and O–H groups in total. The average Bonchev–Trinajstić information content (AvgIpc) is 3.52. The highest BCUT2D eigenvalue weighted by Crippen LogP contribution is 2.17. The molecule has 4 aromatic rings. The van der Waals surface area contributed by atoms with Gasteiger partial charge in [0.2, 0.25) is 10.0 Å². The van der Waals surface area contributed by atoms with Crippen LogP contribution in [-0.4, -0.2) is 29.1 Å². The molecule has 164 valence electrons. The van der Waals surface area contributed by atoms with Crippen LogP contribution in [0.4, 0.5) is 0 Å². The summed E-state index contributed by atoms with van der Waals surface area (Å²) in [5.74, 6) is 0.207. The molecule has 0 fully saturated rings. The first-order chi connectivity index (χ1) is 15.4. The van der Waals surface area contributed by atoms with Crippen LogP contribution >= 0.6 is 0 Å². The molecule has 2 heterocycles. The standard InChI is InChI=1S/C22H21N5O4S/c1-16(17-4-8-19(9-5-17)27-15-23-14-24-27)26-22(28)18-6-10-21(11-7-18)32(29,30)25-13-20-3-2-12-31-20/h2-12,14-16,25H,13H2,1H3,(H,26,28)/t16-/m0/s1. The second-order valence-electron chi connectivity index (χ2n) is 7.06. The van der Waals surface area contributed by atoms with Crippen LogP contribution in [0.2, 0.25) is 0 Å². The molecule has 10 heteroatoms. The van der Waals surface area contributed by atoms with E-state index >= 15 is 0 Å². The number of amides is 1. The van der Waals surface area contributed by atoms with Crippen molar-refractivity contribution in [1.29, 1.82) is 0 Å². The van der Waals surface area contributed by atoms with Crippen LogP contribution in [0.1, 0.15) is 34.6 Å². The molecule has 1 atom stereocenters. The number of hydrogen-bond donors (Lipinski definition) is 2. The summed E-state index contributed by atoms with van der Waals surface area (Å²) in [5.41, 5.74) is 2.15. The molecule has 1 amide bonds. The van der Waals surface area contributed by atoms with E-state index in [9.17, 15) is 13.2 Å². The van der Waals surface area contributed by atoms with Crippen molar-refractivity contribution in [2.75, 3.05) is 0 Å². The minimum Gasteiger partial charge on any atom is -0.468 e. The fourth-order valence-corrected chi connectivity index (χ4v) is 4.06. The molecule has 0 radical (unpaired) electrons. The molecular formula is C22H21N5O4S. The van der Waals surface area contributed by atoms with E-state index in [1.165, 1.54) is 36.9 Å². The number of hydrogen-bond acceptors (Lipinski definition) is 6. The van der Waals surface area contributed by atoms with Crippen molar-refractivity contribution in [3.05, 3.63) is 96.5 Å². The molecule has 0 aliphatic carbocycles. The Morgan fingerprint density at radius 3 is 2.47 bits per heavy atom. The van der Waals surface area contributed by atoms with Gasteiger partial charge in [-0.2, -0.15) is 5.10 Å². The van der Waals surface area contributed by atoms with Crippen LogP contribution in [-0.2, 0) is 16.6 Å². The Hall–Kier alpha value is -3.76. The number of nitrogens with one attached hydrogen (secondary N) is 2. The zero-order valence-corrected chi connectivity index (χ0v) is 18.0. The van der Waals surface area contributed by atoms with Gasteiger partial charge in [-0.05, 0) is 61.0 Å². The van der Waals surface area contributed by atoms with Gasteiger partial charge in [0.05, 0.1) is 29.4 Å². The number of carbonyl (C=O) groups excluding carboxylic acids is 1. The first-order valence-corrected chi connectivity index (χ1v) is 11.3. The third-order valence-corrected chi connectivity index (χ3v) is 6.28. The molecule has 0 aliphatic heterocycles. The highest BCUT2D eigenvalue weighted by Gasteiger charge is 2.16. The van der Waals surface area contributed by atoms with Crippen molar-refractivity contribution < 1.29 is 17.6 Å². The highest BCUT2D eigenvalue weighted by atomic mass is 32.2. The van der Waals surface area contributed by atoms with Crippen molar-refractivity contribution in [3.8, 4) is 5.69 Å². The van der Waals surface area contributed by atoms with Gasteiger partial charge in [-0.15, -0.1) is 0 Å². The Balaban J connectivity index is 1.38. The summed E-state index contributed by atoms with van der Waals surface area (Å²) < 4.78 is 34.1. The number of sulfonamides is 1. The van der Waals surface area contributed by atoms with Crippen LogP contribution in [0, 0.1) is 0 Å². The summed E-state index contributed by atoms with van der Waals surface area (Å²) in [4.78, 5) is 16.6.